The summed E-state index contributed by atoms with van der Waals surface area (Å²) in [7, 11) is 1.64. The molecule has 694 valence electrons. The van der Waals surface area contributed by atoms with E-state index in [0.717, 1.165) is 95.0 Å². The zero-order chi connectivity index (χ0) is 91.9. The van der Waals surface area contributed by atoms with E-state index in [-0.39, 0.29) is 100 Å². The molecule has 5 aliphatic heterocycles. The van der Waals surface area contributed by atoms with Crippen molar-refractivity contribution in [2.45, 2.75) is 266 Å². The molecule has 10 rings (SSSR count). The normalized spacial score (nSPS) is 21.7. The SMILES string of the molecule is CC(=O)N1CCCN(C(=O)/C=C/C2=C(C)CCCC2(C)C)CC1.CC1=C(/C=C/C(=O)N2CCCN(C(=O)C(F)(F)F)CC2)C(C)(C)CCC1.CCCNC(=O)N1CCCN(C(=O)/C=C/C2=C(C)CCCC2(C)C)CC1.CCNC(=O)N1CCCN(C(=O)/C=C/C2=C(C)CCCC2(C)C)CC1.CNC(=O)N1CCCN(C(=O)/C=C/C2=C(C)CCCC2(C)C)CC1. The Morgan fingerprint density at radius 1 is 0.315 bits per heavy atom. The lowest BCUT2D eigenvalue weighted by molar-refractivity contribution is -0.185. The lowest BCUT2D eigenvalue weighted by Crippen LogP contribution is -2.43. The molecule has 23 nitrogen and oxygen atoms in total. The molecule has 13 amide bonds. The van der Waals surface area contributed by atoms with E-state index < -0.39 is 12.1 Å². The molecule has 0 aromatic carbocycles. The second-order valence-electron chi connectivity index (χ2n) is 38.6. The molecule has 5 saturated heterocycles. The van der Waals surface area contributed by atoms with Crippen LogP contribution in [0.15, 0.2) is 116 Å². The molecule has 26 heteroatoms. The highest BCUT2D eigenvalue weighted by Gasteiger charge is 2.43. The molecular weight excluding hydrogens is 1580 g/mol. The summed E-state index contributed by atoms with van der Waals surface area (Å²) in [6, 6.07) is -0.108. The first kappa shape index (κ1) is 104. The molecule has 0 saturated carbocycles. The fourth-order valence-corrected chi connectivity index (χ4v) is 19.1. The van der Waals surface area contributed by atoms with Gasteiger partial charge in [0, 0.05) is 188 Å². The predicted molar refractivity (Wildman–Crippen MR) is 490 cm³/mol. The Balaban J connectivity index is 0.000000240. The number of carbonyl (C=O) groups excluding carboxylic acids is 10. The zero-order valence-corrected chi connectivity index (χ0v) is 79.4. The molecule has 0 bridgehead atoms. The van der Waals surface area contributed by atoms with E-state index >= 15 is 0 Å². The van der Waals surface area contributed by atoms with Crippen molar-refractivity contribution in [2.24, 2.45) is 27.1 Å². The summed E-state index contributed by atoms with van der Waals surface area (Å²) < 4.78 is 37.7. The average molecular weight is 1730 g/mol. The summed E-state index contributed by atoms with van der Waals surface area (Å²) in [6.45, 7) is 51.1. The molecule has 0 aromatic heterocycles. The summed E-state index contributed by atoms with van der Waals surface area (Å²) in [5.74, 6) is -1.71. The molecule has 124 heavy (non-hydrogen) atoms. The highest BCUT2D eigenvalue weighted by molar-refractivity contribution is 5.91. The van der Waals surface area contributed by atoms with Crippen molar-refractivity contribution in [2.75, 3.05) is 151 Å². The minimum Gasteiger partial charge on any atom is -0.341 e. The monoisotopic (exact) mass is 1730 g/mol. The Hall–Kier alpha value is -8.71. The van der Waals surface area contributed by atoms with E-state index in [9.17, 15) is 61.1 Å². The average Bonchev–Trinajstić information content (AvgIpc) is 0.993. The van der Waals surface area contributed by atoms with Gasteiger partial charge in [-0.05, 0) is 231 Å². The molecule has 0 unspecified atom stereocenters. The van der Waals surface area contributed by atoms with E-state index in [1.807, 2.05) is 73.6 Å². The van der Waals surface area contributed by atoms with Crippen molar-refractivity contribution in [3.63, 3.8) is 0 Å². The van der Waals surface area contributed by atoms with Crippen molar-refractivity contribution in [3.05, 3.63) is 116 Å². The molecule has 3 N–H and O–H groups in total. The van der Waals surface area contributed by atoms with Crippen LogP contribution in [0.25, 0.3) is 0 Å². The fraction of sp³-hybridized carbons (Fsp3) is 0.694. The van der Waals surface area contributed by atoms with Crippen LogP contribution >= 0.6 is 0 Å². The first-order valence-electron chi connectivity index (χ1n) is 46.4. The van der Waals surface area contributed by atoms with Gasteiger partial charge in [-0.2, -0.15) is 13.2 Å². The van der Waals surface area contributed by atoms with Gasteiger partial charge in [0.05, 0.1) is 0 Å². The number of amides is 13. The zero-order valence-electron chi connectivity index (χ0n) is 79.4. The van der Waals surface area contributed by atoms with Gasteiger partial charge in [0.15, 0.2) is 0 Å². The van der Waals surface area contributed by atoms with Gasteiger partial charge in [-0.3, -0.25) is 33.6 Å². The fourth-order valence-electron chi connectivity index (χ4n) is 19.1. The Kier molecular flexibility index (Phi) is 41.0. The minimum absolute atomic E-state index is 0.0126. The topological polar surface area (TPSA) is 239 Å². The van der Waals surface area contributed by atoms with Crippen LogP contribution in [0.3, 0.4) is 0 Å². The number of nitrogens with one attached hydrogen (secondary N) is 3. The van der Waals surface area contributed by atoms with Gasteiger partial charge in [-0.15, -0.1) is 0 Å². The number of carbonyl (C=O) groups is 10. The molecule has 5 aliphatic carbocycles. The largest absolute Gasteiger partial charge is 0.471 e. The molecule has 0 aromatic rings. The Morgan fingerprint density at radius 3 is 0.766 bits per heavy atom. The lowest BCUT2D eigenvalue weighted by Gasteiger charge is -2.33. The molecule has 10 aliphatic rings. The van der Waals surface area contributed by atoms with Crippen molar-refractivity contribution >= 4 is 59.4 Å². The van der Waals surface area contributed by atoms with Gasteiger partial charge in [0.2, 0.25) is 35.4 Å². The van der Waals surface area contributed by atoms with Crippen molar-refractivity contribution in [1.82, 2.24) is 64.9 Å². The number of rotatable bonds is 13. The summed E-state index contributed by atoms with van der Waals surface area (Å²) in [4.78, 5) is 138. The molecular formula is C98H156F3N13O10. The van der Waals surface area contributed by atoms with Gasteiger partial charge in [0.25, 0.3) is 0 Å². The molecule has 5 heterocycles. The highest BCUT2D eigenvalue weighted by Crippen LogP contribution is 2.45. The third kappa shape index (κ3) is 32.0. The third-order valence-corrected chi connectivity index (χ3v) is 26.6. The van der Waals surface area contributed by atoms with Crippen LogP contribution in [0.5, 0.6) is 0 Å². The maximum atomic E-state index is 12.7. The third-order valence-electron chi connectivity index (χ3n) is 26.6. The van der Waals surface area contributed by atoms with Crippen LogP contribution in [0.2, 0.25) is 0 Å². The van der Waals surface area contributed by atoms with E-state index in [4.69, 9.17) is 0 Å². The van der Waals surface area contributed by atoms with Gasteiger partial charge >= 0.3 is 30.2 Å². The number of hydrogen-bond donors (Lipinski definition) is 3. The smallest absolute Gasteiger partial charge is 0.341 e. The number of alkyl halides is 3. The van der Waals surface area contributed by atoms with Crippen LogP contribution in [0.4, 0.5) is 27.6 Å². The first-order chi connectivity index (χ1) is 58.4. The maximum absolute atomic E-state index is 12.7. The highest BCUT2D eigenvalue weighted by atomic mass is 19.4. The quantitative estimate of drug-likeness (QED) is 0.147. The predicted octanol–water partition coefficient (Wildman–Crippen LogP) is 16.8. The van der Waals surface area contributed by atoms with Crippen molar-refractivity contribution in [1.29, 1.82) is 0 Å². The minimum atomic E-state index is -4.87. The first-order valence-corrected chi connectivity index (χ1v) is 46.4. The van der Waals surface area contributed by atoms with Crippen molar-refractivity contribution in [3.8, 4) is 0 Å². The molecule has 0 spiro atoms. The Bertz CT molecular complexity index is 4020. The van der Waals surface area contributed by atoms with Gasteiger partial charge in [0.1, 0.15) is 0 Å². The number of urea groups is 3. The Labute approximate surface area is 742 Å². The number of halogens is 3. The van der Waals surface area contributed by atoms with Gasteiger partial charge in [-0.25, -0.2) is 14.4 Å². The molecule has 0 radical (unpaired) electrons. The number of allylic oxidation sites excluding steroid dienone is 15. The van der Waals surface area contributed by atoms with E-state index in [1.165, 1.54) is 118 Å². The number of hydrogen-bond acceptors (Lipinski definition) is 10. The van der Waals surface area contributed by atoms with Crippen LogP contribution in [0.1, 0.15) is 259 Å². The lowest BCUT2D eigenvalue weighted by atomic mass is 9.72. The van der Waals surface area contributed by atoms with E-state index in [1.54, 1.807) is 48.1 Å². The second-order valence-corrected chi connectivity index (χ2v) is 38.6. The van der Waals surface area contributed by atoms with Crippen molar-refractivity contribution < 1.29 is 61.1 Å². The van der Waals surface area contributed by atoms with Crippen LogP contribution in [-0.2, 0) is 33.6 Å². The summed E-state index contributed by atoms with van der Waals surface area (Å²) in [5.41, 5.74) is 13.9. The summed E-state index contributed by atoms with van der Waals surface area (Å²) >= 11 is 0. The standard InChI is InChI=1S/C21H35N3O2.C20H33N3O2.C19H27F3N2O2.C19H31N3O2.C19H30N2O2/c1-5-12-22-20(26)24-14-7-13-23(15-16-24)19(25)10-9-18-17(2)8-6-11-21(18,3)4;1-5-21-19(25)23-13-7-12-22(14-15-23)18(24)10-9-17-16(2)8-6-11-20(17,3)4;1-14-6-4-9-18(2,3)15(14)7-8-16(25)23-10-5-11-24(13-12-23)17(26)19(20,21)22;1-15-7-5-10-19(2,3)16(15)8-9-17(23)21-11-6-12-22(14-13-21)18(24)20-4;1-15-7-5-10-19(3,4)17(15)8-9-18(23)21-12-6-11-20(13-14-21)16(2)22/h9-10H,5-8,11-16H2,1-4H3,(H,22,26);9-10H,5-8,11-15H2,1-4H3,(H,21,25);7-8H,4-6,9-13H2,1-3H3;8-9H,5-7,10-14H2,1-4H3,(H,20,24);8-9H,5-7,10-14H2,1-4H3/b2*10-9+;8-7+;2*9-8+. The molecule has 5 fully saturated rings. The number of nitrogens with zero attached hydrogens (tertiary/aromatic N) is 10. The van der Waals surface area contributed by atoms with Gasteiger partial charge in [-0.1, -0.05) is 134 Å². The molecule has 0 atom stereocenters. The van der Waals surface area contributed by atoms with Crippen LogP contribution < -0.4 is 16.0 Å². The van der Waals surface area contributed by atoms with Gasteiger partial charge < -0.3 is 64.9 Å². The summed E-state index contributed by atoms with van der Waals surface area (Å²) in [5, 5.41) is 8.40. The van der Waals surface area contributed by atoms with Crippen LogP contribution in [0, 0.1) is 27.1 Å². The summed E-state index contributed by atoms with van der Waals surface area (Å²) in [6.07, 6.45) is 35.5. The Morgan fingerprint density at radius 2 is 0.532 bits per heavy atom. The maximum Gasteiger partial charge on any atom is 0.471 e. The van der Waals surface area contributed by atoms with E-state index in [2.05, 4.69) is 120 Å². The second kappa shape index (κ2) is 48.8. The van der Waals surface area contributed by atoms with E-state index in [0.29, 0.717) is 118 Å². The van der Waals surface area contributed by atoms with Crippen LogP contribution in [-0.4, -0.2) is 266 Å².